The summed E-state index contributed by atoms with van der Waals surface area (Å²) in [6.07, 6.45) is 0. The van der Waals surface area contributed by atoms with E-state index < -0.39 is 5.41 Å². The number of anilines is 5. The molecular weight excluding hydrogens is 771 g/mol. The summed E-state index contributed by atoms with van der Waals surface area (Å²) in [7, 11) is 0. The topological polar surface area (TPSA) is 6.48 Å². The molecular formula is C61H43BN2. The van der Waals surface area contributed by atoms with E-state index in [1.165, 1.54) is 111 Å². The number of para-hydroxylation sites is 2. The first-order valence-electron chi connectivity index (χ1n) is 22.5. The van der Waals surface area contributed by atoms with Crippen molar-refractivity contribution in [1.82, 2.24) is 0 Å². The van der Waals surface area contributed by atoms with Crippen molar-refractivity contribution < 1.29 is 0 Å². The van der Waals surface area contributed by atoms with Gasteiger partial charge in [-0.25, -0.2) is 0 Å². The van der Waals surface area contributed by atoms with E-state index >= 15 is 0 Å². The largest absolute Gasteiger partial charge is 0.376 e. The van der Waals surface area contributed by atoms with E-state index in [0.717, 1.165) is 5.69 Å². The van der Waals surface area contributed by atoms with Gasteiger partial charge in [-0.15, -0.1) is 0 Å². The average molecular weight is 815 g/mol. The van der Waals surface area contributed by atoms with Gasteiger partial charge in [-0.05, 0) is 139 Å². The summed E-state index contributed by atoms with van der Waals surface area (Å²) in [6, 6.07) is 84.2. The first-order chi connectivity index (χ1) is 31.6. The molecule has 0 N–H and O–H groups in total. The Labute approximate surface area is 375 Å². The normalized spacial score (nSPS) is 13.8. The zero-order valence-electron chi connectivity index (χ0n) is 35.8. The number of fused-ring (bicyclic) bond motifs is 7. The average Bonchev–Trinajstić information content (AvgIpc) is 3.35. The lowest BCUT2D eigenvalue weighted by Gasteiger charge is -2.52. The van der Waals surface area contributed by atoms with Gasteiger partial charge >= 0.3 is 6.85 Å². The molecule has 0 spiro atoms. The fourth-order valence-electron chi connectivity index (χ4n) is 11.7. The number of rotatable bonds is 5. The molecule has 0 saturated heterocycles. The van der Waals surface area contributed by atoms with Crippen molar-refractivity contribution in [3.8, 4) is 33.4 Å². The van der Waals surface area contributed by atoms with E-state index in [0.29, 0.717) is 0 Å². The van der Waals surface area contributed by atoms with E-state index in [-0.39, 0.29) is 6.85 Å². The standard InChI is InChI=1S/C61H43BN2/c1-40-18-16-19-41(2)58(40)46-37-51-50-36-44-22-12-13-23-45(44)38-56(50)64(49-34-32-43(33-35-49)42-20-6-3-7-21-42)62-54-30-17-29-53-60(54)63(57(39-46)59(51)62)55-31-15-14-28-52(55)61(53,47-24-8-4-9-25-47)48-26-10-5-11-27-48/h3-39H,1-2H3. The van der Waals surface area contributed by atoms with Gasteiger partial charge < -0.3 is 9.71 Å². The Morgan fingerprint density at radius 3 is 1.69 bits per heavy atom. The lowest BCUT2D eigenvalue weighted by atomic mass is 9.42. The second-order valence-corrected chi connectivity index (χ2v) is 17.7. The molecule has 0 bridgehead atoms. The number of aryl methyl sites for hydroxylation is 2. The molecule has 0 saturated carbocycles. The molecule has 0 radical (unpaired) electrons. The van der Waals surface area contributed by atoms with Gasteiger partial charge in [0.25, 0.3) is 0 Å². The van der Waals surface area contributed by atoms with Crippen LogP contribution in [0, 0.1) is 13.8 Å². The Morgan fingerprint density at radius 1 is 0.406 bits per heavy atom. The summed E-state index contributed by atoms with van der Waals surface area (Å²) >= 11 is 0. The van der Waals surface area contributed by atoms with E-state index in [1.807, 2.05) is 0 Å². The Bertz CT molecular complexity index is 3410. The van der Waals surface area contributed by atoms with Crippen LogP contribution in [0.1, 0.15) is 33.4 Å². The third kappa shape index (κ3) is 5.16. The summed E-state index contributed by atoms with van der Waals surface area (Å²) in [5.74, 6) is 0. The van der Waals surface area contributed by atoms with Gasteiger partial charge in [0.1, 0.15) is 0 Å². The van der Waals surface area contributed by atoms with Crippen LogP contribution in [0.3, 0.4) is 0 Å². The first kappa shape index (κ1) is 36.7. The summed E-state index contributed by atoms with van der Waals surface area (Å²) in [5.41, 5.74) is 23.2. The van der Waals surface area contributed by atoms with E-state index in [4.69, 9.17) is 0 Å². The van der Waals surface area contributed by atoms with Crippen LogP contribution < -0.4 is 20.6 Å². The highest BCUT2D eigenvalue weighted by atomic mass is 15.2. The minimum absolute atomic E-state index is 0.131. The fourth-order valence-corrected chi connectivity index (χ4v) is 11.7. The summed E-state index contributed by atoms with van der Waals surface area (Å²) in [6.45, 7) is 4.39. The zero-order valence-corrected chi connectivity index (χ0v) is 35.8. The van der Waals surface area contributed by atoms with Crippen LogP contribution in [-0.4, -0.2) is 6.85 Å². The Morgan fingerprint density at radius 2 is 0.984 bits per heavy atom. The second kappa shape index (κ2) is 14.1. The van der Waals surface area contributed by atoms with Crippen molar-refractivity contribution >= 4 is 57.0 Å². The van der Waals surface area contributed by atoms with Crippen LogP contribution in [0.15, 0.2) is 224 Å². The molecule has 2 nitrogen and oxygen atoms in total. The number of benzene rings is 10. The van der Waals surface area contributed by atoms with Gasteiger partial charge in [0, 0.05) is 28.3 Å². The van der Waals surface area contributed by atoms with E-state index in [2.05, 4.69) is 248 Å². The minimum atomic E-state index is -0.587. The molecule has 10 aromatic rings. The van der Waals surface area contributed by atoms with Crippen molar-refractivity contribution in [1.29, 1.82) is 0 Å². The maximum atomic E-state index is 2.65. The van der Waals surface area contributed by atoms with E-state index in [9.17, 15) is 0 Å². The molecule has 3 aliphatic rings. The Kier molecular flexibility index (Phi) is 8.08. The van der Waals surface area contributed by atoms with Crippen molar-refractivity contribution in [2.24, 2.45) is 0 Å². The van der Waals surface area contributed by atoms with Gasteiger partial charge in [0.2, 0.25) is 0 Å². The van der Waals surface area contributed by atoms with Gasteiger partial charge in [0.15, 0.2) is 0 Å². The number of hydrogen-bond donors (Lipinski definition) is 0. The van der Waals surface area contributed by atoms with Crippen molar-refractivity contribution in [2.75, 3.05) is 9.71 Å². The molecule has 300 valence electrons. The zero-order chi connectivity index (χ0) is 42.5. The van der Waals surface area contributed by atoms with Crippen LogP contribution in [0.2, 0.25) is 0 Å². The molecule has 10 aromatic carbocycles. The molecule has 0 atom stereocenters. The molecule has 3 aliphatic heterocycles. The maximum Gasteiger partial charge on any atom is 0.333 e. The molecule has 13 rings (SSSR count). The van der Waals surface area contributed by atoms with Crippen LogP contribution in [0.5, 0.6) is 0 Å². The highest BCUT2D eigenvalue weighted by molar-refractivity contribution is 6.93. The number of hydrogen-bond acceptors (Lipinski definition) is 2. The van der Waals surface area contributed by atoms with Crippen LogP contribution >= 0.6 is 0 Å². The molecule has 0 amide bonds. The quantitative estimate of drug-likeness (QED) is 0.160. The molecule has 0 aromatic heterocycles. The smallest absolute Gasteiger partial charge is 0.333 e. The molecule has 0 aliphatic carbocycles. The summed E-state index contributed by atoms with van der Waals surface area (Å²) in [5, 5.41) is 2.47. The lowest BCUT2D eigenvalue weighted by Crippen LogP contribution is -2.62. The van der Waals surface area contributed by atoms with Crippen molar-refractivity contribution in [3.63, 3.8) is 0 Å². The number of nitrogens with zero attached hydrogens (tertiary/aromatic N) is 2. The van der Waals surface area contributed by atoms with Crippen molar-refractivity contribution in [3.05, 3.63) is 258 Å². The molecule has 0 unspecified atom stereocenters. The first-order valence-corrected chi connectivity index (χ1v) is 22.5. The van der Waals surface area contributed by atoms with Gasteiger partial charge in [-0.1, -0.05) is 182 Å². The molecule has 0 fully saturated rings. The SMILES string of the molecule is Cc1cccc(C)c1-c1cc2c3c(c1)N1c4ccccc4C(c4ccccc4)(c4ccccc4)c4cccc(c41)B3N(c1ccc(-c3ccccc3)cc1)c1cc3ccccc3cc1-2. The van der Waals surface area contributed by atoms with Gasteiger partial charge in [0.05, 0.1) is 11.1 Å². The van der Waals surface area contributed by atoms with Gasteiger partial charge in [-0.2, -0.15) is 0 Å². The summed E-state index contributed by atoms with van der Waals surface area (Å²) < 4.78 is 0. The van der Waals surface area contributed by atoms with Gasteiger partial charge in [-0.3, -0.25) is 0 Å². The van der Waals surface area contributed by atoms with Crippen LogP contribution in [0.25, 0.3) is 44.2 Å². The third-order valence-corrected chi connectivity index (χ3v) is 14.3. The summed E-state index contributed by atoms with van der Waals surface area (Å²) in [4.78, 5) is 5.29. The Balaban J connectivity index is 1.18. The fraction of sp³-hybridized carbons (Fsp3) is 0.0492. The third-order valence-electron chi connectivity index (χ3n) is 14.3. The molecule has 3 heterocycles. The van der Waals surface area contributed by atoms with Crippen LogP contribution in [0.4, 0.5) is 28.4 Å². The highest BCUT2D eigenvalue weighted by Crippen LogP contribution is 2.59. The van der Waals surface area contributed by atoms with E-state index in [1.54, 1.807) is 0 Å². The Hall–Kier alpha value is -7.88. The predicted molar refractivity (Wildman–Crippen MR) is 270 cm³/mol. The predicted octanol–water partition coefficient (Wildman–Crippen LogP) is 14.2. The lowest BCUT2D eigenvalue weighted by molar-refractivity contribution is 0.732. The maximum absolute atomic E-state index is 2.65. The monoisotopic (exact) mass is 814 g/mol. The second-order valence-electron chi connectivity index (χ2n) is 17.7. The van der Waals surface area contributed by atoms with Crippen LogP contribution in [-0.2, 0) is 5.41 Å². The molecule has 64 heavy (non-hydrogen) atoms. The highest BCUT2D eigenvalue weighted by Gasteiger charge is 2.53. The molecule has 3 heteroatoms. The van der Waals surface area contributed by atoms with Crippen molar-refractivity contribution in [2.45, 2.75) is 19.3 Å². The minimum Gasteiger partial charge on any atom is -0.376 e.